The second-order valence-electron chi connectivity index (χ2n) is 4.98. The van der Waals surface area contributed by atoms with Crippen LogP contribution < -0.4 is 15.8 Å². The number of anilines is 1. The van der Waals surface area contributed by atoms with E-state index >= 15 is 0 Å². The zero-order chi connectivity index (χ0) is 14.5. The third kappa shape index (κ3) is 3.50. The minimum absolute atomic E-state index is 0.222. The van der Waals surface area contributed by atoms with E-state index in [2.05, 4.69) is 15.3 Å². The Morgan fingerprint density at radius 3 is 2.80 bits per heavy atom. The summed E-state index contributed by atoms with van der Waals surface area (Å²) in [5.74, 6) is 0. The Bertz CT molecular complexity index is 498. The third-order valence-corrected chi connectivity index (χ3v) is 3.99. The van der Waals surface area contributed by atoms with E-state index in [0.29, 0.717) is 12.2 Å². The molecule has 1 saturated heterocycles. The van der Waals surface area contributed by atoms with E-state index in [1.54, 1.807) is 6.20 Å². The number of nitrogens with zero attached hydrogens (tertiary/aromatic N) is 4. The van der Waals surface area contributed by atoms with Crippen molar-refractivity contribution in [3.63, 3.8) is 0 Å². The summed E-state index contributed by atoms with van der Waals surface area (Å²) < 4.78 is 1.37. The van der Waals surface area contributed by atoms with Crippen molar-refractivity contribution in [3.05, 3.63) is 21.6 Å². The minimum Gasteiger partial charge on any atom is -0.371 e. The maximum absolute atomic E-state index is 12.0. The van der Waals surface area contributed by atoms with Crippen molar-refractivity contribution in [2.24, 2.45) is 0 Å². The molecule has 0 saturated carbocycles. The van der Waals surface area contributed by atoms with E-state index in [-0.39, 0.29) is 10.6 Å². The molecule has 112 valence electrons. The van der Waals surface area contributed by atoms with E-state index in [1.165, 1.54) is 4.68 Å². The summed E-state index contributed by atoms with van der Waals surface area (Å²) in [6.45, 7) is 8.41. The van der Waals surface area contributed by atoms with Crippen LogP contribution in [0.2, 0.25) is 5.02 Å². The molecule has 0 atom stereocenters. The zero-order valence-electron chi connectivity index (χ0n) is 12.1. The van der Waals surface area contributed by atoms with Gasteiger partial charge in [-0.3, -0.25) is 9.69 Å². The maximum atomic E-state index is 12.0. The zero-order valence-corrected chi connectivity index (χ0v) is 12.9. The van der Waals surface area contributed by atoms with Crippen molar-refractivity contribution in [2.75, 3.05) is 51.2 Å². The van der Waals surface area contributed by atoms with Crippen molar-refractivity contribution >= 4 is 17.3 Å². The highest BCUT2D eigenvalue weighted by Crippen LogP contribution is 2.19. The van der Waals surface area contributed by atoms with Crippen molar-refractivity contribution in [1.82, 2.24) is 20.0 Å². The van der Waals surface area contributed by atoms with Crippen LogP contribution in [0.5, 0.6) is 0 Å². The van der Waals surface area contributed by atoms with Crippen molar-refractivity contribution in [2.45, 2.75) is 13.5 Å². The van der Waals surface area contributed by atoms with Gasteiger partial charge in [0.05, 0.1) is 11.9 Å². The van der Waals surface area contributed by atoms with Crippen molar-refractivity contribution in [1.29, 1.82) is 0 Å². The predicted molar refractivity (Wildman–Crippen MR) is 81.8 cm³/mol. The van der Waals surface area contributed by atoms with Gasteiger partial charge in [0.15, 0.2) is 0 Å². The molecular formula is C13H22ClN5O. The van der Waals surface area contributed by atoms with E-state index in [9.17, 15) is 4.79 Å². The first-order valence-corrected chi connectivity index (χ1v) is 7.41. The average molecular weight is 300 g/mol. The number of halogens is 1. The second-order valence-corrected chi connectivity index (χ2v) is 5.36. The molecule has 1 fully saturated rings. The fraction of sp³-hybridized carbons (Fsp3) is 0.692. The molecule has 0 amide bonds. The summed E-state index contributed by atoms with van der Waals surface area (Å²) in [5, 5.41) is 7.71. The van der Waals surface area contributed by atoms with Gasteiger partial charge in [0.25, 0.3) is 5.56 Å². The Morgan fingerprint density at radius 1 is 1.45 bits per heavy atom. The van der Waals surface area contributed by atoms with Crippen LogP contribution >= 0.6 is 11.6 Å². The molecule has 0 unspecified atom stereocenters. The number of piperazine rings is 1. The van der Waals surface area contributed by atoms with Gasteiger partial charge in [0, 0.05) is 52.9 Å². The summed E-state index contributed by atoms with van der Waals surface area (Å²) in [7, 11) is 1.95. The molecule has 1 N–H and O–H groups in total. The van der Waals surface area contributed by atoms with Gasteiger partial charge in [-0.15, -0.1) is 0 Å². The van der Waals surface area contributed by atoms with Crippen LogP contribution in [-0.4, -0.2) is 61.0 Å². The molecule has 0 bridgehead atoms. The minimum atomic E-state index is -0.222. The first-order chi connectivity index (χ1) is 9.63. The van der Waals surface area contributed by atoms with E-state index in [4.69, 9.17) is 11.6 Å². The largest absolute Gasteiger partial charge is 0.371 e. The van der Waals surface area contributed by atoms with Crippen LogP contribution in [0.1, 0.15) is 6.92 Å². The summed E-state index contributed by atoms with van der Waals surface area (Å²) in [6, 6.07) is 0. The quantitative estimate of drug-likeness (QED) is 0.845. The highest BCUT2D eigenvalue weighted by atomic mass is 35.5. The smallest absolute Gasteiger partial charge is 0.287 e. The normalized spacial score (nSPS) is 16.4. The maximum Gasteiger partial charge on any atom is 0.287 e. The van der Waals surface area contributed by atoms with E-state index < -0.39 is 0 Å². The summed E-state index contributed by atoms with van der Waals surface area (Å²) in [6.07, 6.45) is 1.67. The molecule has 2 rings (SSSR count). The molecule has 1 aliphatic rings. The number of aryl methyl sites for hydroxylation is 1. The van der Waals surface area contributed by atoms with Crippen LogP contribution in [0, 0.1) is 0 Å². The Kier molecular flexibility index (Phi) is 5.39. The molecule has 1 aromatic heterocycles. The molecule has 0 aromatic carbocycles. The molecule has 0 aliphatic carbocycles. The summed E-state index contributed by atoms with van der Waals surface area (Å²) >= 11 is 6.15. The molecule has 0 radical (unpaired) electrons. The molecule has 1 aliphatic heterocycles. The molecule has 6 nitrogen and oxygen atoms in total. The molecule has 1 aromatic rings. The molecule has 2 heterocycles. The van der Waals surface area contributed by atoms with Gasteiger partial charge in [0.2, 0.25) is 0 Å². The van der Waals surface area contributed by atoms with Crippen LogP contribution in [0.15, 0.2) is 11.0 Å². The number of nitrogens with one attached hydrogen (secondary N) is 1. The highest BCUT2D eigenvalue weighted by Gasteiger charge is 2.14. The van der Waals surface area contributed by atoms with Gasteiger partial charge in [-0.1, -0.05) is 11.6 Å². The summed E-state index contributed by atoms with van der Waals surface area (Å²) in [5.41, 5.74) is 0.484. The lowest BCUT2D eigenvalue weighted by Gasteiger charge is -2.29. The molecule has 0 spiro atoms. The fourth-order valence-corrected chi connectivity index (χ4v) is 2.58. The number of hydrogen-bond acceptors (Lipinski definition) is 5. The monoisotopic (exact) mass is 299 g/mol. The summed E-state index contributed by atoms with van der Waals surface area (Å²) in [4.78, 5) is 16.4. The molecule has 7 heteroatoms. The predicted octanol–water partition coefficient (Wildman–Crippen LogP) is 0.258. The number of hydrogen-bond donors (Lipinski definition) is 1. The average Bonchev–Trinajstić information content (AvgIpc) is 2.48. The Morgan fingerprint density at radius 2 is 2.15 bits per heavy atom. The lowest BCUT2D eigenvalue weighted by atomic mass is 10.3. The number of likely N-dealkylation sites (N-methyl/N-ethyl adjacent to an activating group) is 1. The van der Waals surface area contributed by atoms with Crippen molar-refractivity contribution in [3.8, 4) is 0 Å². The first kappa shape index (κ1) is 15.3. The number of rotatable bonds is 5. The van der Waals surface area contributed by atoms with Gasteiger partial charge in [-0.25, -0.2) is 4.68 Å². The van der Waals surface area contributed by atoms with Gasteiger partial charge in [0.1, 0.15) is 5.02 Å². The van der Waals surface area contributed by atoms with Crippen LogP contribution in [0.25, 0.3) is 0 Å². The SMILES string of the molecule is CCn1ncc(N(C)CCN2CCNCC2)c(Cl)c1=O. The lowest BCUT2D eigenvalue weighted by molar-refractivity contribution is 0.246. The Labute approximate surface area is 124 Å². The van der Waals surface area contributed by atoms with Gasteiger partial charge in [-0.05, 0) is 6.92 Å². The van der Waals surface area contributed by atoms with Gasteiger partial charge >= 0.3 is 0 Å². The second kappa shape index (κ2) is 7.06. The van der Waals surface area contributed by atoms with Crippen molar-refractivity contribution < 1.29 is 0 Å². The van der Waals surface area contributed by atoms with Crippen LogP contribution in [0.3, 0.4) is 0 Å². The van der Waals surface area contributed by atoms with Crippen LogP contribution in [0.4, 0.5) is 5.69 Å². The highest BCUT2D eigenvalue weighted by molar-refractivity contribution is 6.33. The van der Waals surface area contributed by atoms with Crippen LogP contribution in [-0.2, 0) is 6.54 Å². The number of aromatic nitrogens is 2. The standard InChI is InChI=1S/C13H22ClN5O/c1-3-19-13(20)12(14)11(10-16-19)17(2)8-9-18-6-4-15-5-7-18/h10,15H,3-9H2,1-2H3. The fourth-order valence-electron chi connectivity index (χ4n) is 2.29. The Balaban J connectivity index is 2.00. The molecular weight excluding hydrogens is 278 g/mol. The van der Waals surface area contributed by atoms with E-state index in [1.807, 2.05) is 18.9 Å². The lowest BCUT2D eigenvalue weighted by Crippen LogP contribution is -2.46. The Hall–Kier alpha value is -1.11. The topological polar surface area (TPSA) is 53.4 Å². The first-order valence-electron chi connectivity index (χ1n) is 7.03. The van der Waals surface area contributed by atoms with E-state index in [0.717, 1.165) is 39.3 Å². The van der Waals surface area contributed by atoms with Gasteiger partial charge in [-0.2, -0.15) is 5.10 Å². The third-order valence-electron chi connectivity index (χ3n) is 3.64. The van der Waals surface area contributed by atoms with Gasteiger partial charge < -0.3 is 10.2 Å². The molecule has 20 heavy (non-hydrogen) atoms.